The quantitative estimate of drug-likeness (QED) is 0.841. The third-order valence-electron chi connectivity index (χ3n) is 3.05. The van der Waals surface area contributed by atoms with E-state index in [-0.39, 0.29) is 11.0 Å². The largest absolute Gasteiger partial charge is 0.361 e. The van der Waals surface area contributed by atoms with Gasteiger partial charge in [0, 0.05) is 12.1 Å². The van der Waals surface area contributed by atoms with Gasteiger partial charge in [0.15, 0.2) is 9.84 Å². The molecule has 1 aliphatic heterocycles. The fraction of sp³-hybridized carbons (Fsp3) is 0.700. The van der Waals surface area contributed by atoms with Crippen molar-refractivity contribution in [2.75, 3.05) is 13.1 Å². The van der Waals surface area contributed by atoms with E-state index in [2.05, 4.69) is 10.5 Å². The summed E-state index contributed by atoms with van der Waals surface area (Å²) in [4.78, 5) is 0. The highest BCUT2D eigenvalue weighted by Crippen LogP contribution is 2.20. The number of rotatable bonds is 3. The highest BCUT2D eigenvalue weighted by atomic mass is 32.2. The number of aromatic nitrogens is 1. The minimum atomic E-state index is -3.09. The molecule has 90 valence electrons. The molecular formula is C10H16N2O3S. The Labute approximate surface area is 95.1 Å². The lowest BCUT2D eigenvalue weighted by Crippen LogP contribution is -2.25. The fourth-order valence-electron chi connectivity index (χ4n) is 1.96. The van der Waals surface area contributed by atoms with Crippen molar-refractivity contribution in [1.29, 1.82) is 0 Å². The molecule has 5 nitrogen and oxygen atoms in total. The average molecular weight is 244 g/mol. The minimum Gasteiger partial charge on any atom is -0.361 e. The van der Waals surface area contributed by atoms with Gasteiger partial charge >= 0.3 is 0 Å². The first-order valence-electron chi connectivity index (χ1n) is 5.35. The van der Waals surface area contributed by atoms with Crippen LogP contribution < -0.4 is 5.32 Å². The van der Waals surface area contributed by atoms with Crippen LogP contribution in [0.25, 0.3) is 0 Å². The third-order valence-corrected chi connectivity index (χ3v) is 5.16. The molecule has 1 fully saturated rings. The van der Waals surface area contributed by atoms with E-state index in [4.69, 9.17) is 4.52 Å². The fourth-order valence-corrected chi connectivity index (χ4v) is 3.86. The third kappa shape index (κ3) is 2.12. The Bertz CT molecular complexity index is 453. The molecule has 0 radical (unpaired) electrons. The van der Waals surface area contributed by atoms with Gasteiger partial charge in [-0.1, -0.05) is 5.16 Å². The smallest absolute Gasteiger partial charge is 0.158 e. The Balaban J connectivity index is 2.20. The maximum absolute atomic E-state index is 12.1. The summed E-state index contributed by atoms with van der Waals surface area (Å²) in [7, 11) is -3.09. The number of sulfone groups is 1. The second-order valence-corrected chi connectivity index (χ2v) is 6.51. The van der Waals surface area contributed by atoms with Gasteiger partial charge < -0.3 is 9.84 Å². The van der Waals surface area contributed by atoms with Gasteiger partial charge in [0.2, 0.25) is 0 Å². The first-order chi connectivity index (χ1) is 7.50. The summed E-state index contributed by atoms with van der Waals surface area (Å²) < 4.78 is 29.2. The number of hydrogen-bond donors (Lipinski definition) is 1. The molecule has 0 aliphatic carbocycles. The monoisotopic (exact) mass is 244 g/mol. The summed E-state index contributed by atoms with van der Waals surface area (Å²) in [6.45, 7) is 4.86. The van der Waals surface area contributed by atoms with Crippen molar-refractivity contribution in [1.82, 2.24) is 10.5 Å². The molecule has 1 atom stereocenters. The molecular weight excluding hydrogens is 228 g/mol. The molecule has 0 bridgehead atoms. The topological polar surface area (TPSA) is 72.2 Å². The summed E-state index contributed by atoms with van der Waals surface area (Å²) in [6, 6.07) is 0. The second-order valence-electron chi connectivity index (χ2n) is 4.22. The van der Waals surface area contributed by atoms with Crippen molar-refractivity contribution in [2.45, 2.75) is 31.3 Å². The molecule has 0 amide bonds. The van der Waals surface area contributed by atoms with Gasteiger partial charge in [-0.05, 0) is 26.8 Å². The molecule has 0 saturated carbocycles. The lowest BCUT2D eigenvalue weighted by Gasteiger charge is -2.09. The SMILES string of the molecule is Cc1noc(C)c1CS(=O)(=O)C1CCNC1. The molecule has 2 rings (SSSR count). The summed E-state index contributed by atoms with van der Waals surface area (Å²) in [6.07, 6.45) is 0.700. The van der Waals surface area contributed by atoms with Gasteiger partial charge in [-0.25, -0.2) is 8.42 Å². The van der Waals surface area contributed by atoms with Crippen LogP contribution in [-0.4, -0.2) is 31.9 Å². The van der Waals surface area contributed by atoms with Crippen LogP contribution in [0, 0.1) is 13.8 Å². The van der Waals surface area contributed by atoms with E-state index < -0.39 is 9.84 Å². The van der Waals surface area contributed by atoms with Crippen molar-refractivity contribution in [2.24, 2.45) is 0 Å². The molecule has 2 heterocycles. The molecule has 1 aliphatic rings. The average Bonchev–Trinajstić information content (AvgIpc) is 2.83. The number of nitrogens with zero attached hydrogens (tertiary/aromatic N) is 1. The van der Waals surface area contributed by atoms with Crippen LogP contribution in [0.1, 0.15) is 23.4 Å². The van der Waals surface area contributed by atoms with Gasteiger partial charge in [-0.3, -0.25) is 0 Å². The van der Waals surface area contributed by atoms with Crippen LogP contribution in [0.5, 0.6) is 0 Å². The summed E-state index contributed by atoms with van der Waals surface area (Å²) >= 11 is 0. The van der Waals surface area contributed by atoms with E-state index in [1.165, 1.54) is 0 Å². The Morgan fingerprint density at radius 2 is 2.25 bits per heavy atom. The summed E-state index contributed by atoms with van der Waals surface area (Å²) in [5, 5.41) is 6.58. The number of nitrogens with one attached hydrogen (secondary N) is 1. The van der Waals surface area contributed by atoms with Crippen LogP contribution in [0.2, 0.25) is 0 Å². The van der Waals surface area contributed by atoms with Gasteiger partial charge in [0.1, 0.15) is 5.76 Å². The van der Waals surface area contributed by atoms with Crippen molar-refractivity contribution >= 4 is 9.84 Å². The van der Waals surface area contributed by atoms with Crippen LogP contribution in [0.15, 0.2) is 4.52 Å². The first kappa shape index (κ1) is 11.6. The highest BCUT2D eigenvalue weighted by molar-refractivity contribution is 7.91. The standard InChI is InChI=1S/C10H16N2O3S/c1-7-10(8(2)15-12-7)6-16(13,14)9-3-4-11-5-9/h9,11H,3-6H2,1-2H3. The summed E-state index contributed by atoms with van der Waals surface area (Å²) in [5.41, 5.74) is 1.39. The Kier molecular flexibility index (Phi) is 3.03. The molecule has 0 spiro atoms. The van der Waals surface area contributed by atoms with E-state index >= 15 is 0 Å². The lowest BCUT2D eigenvalue weighted by molar-refractivity contribution is 0.392. The van der Waals surface area contributed by atoms with Gasteiger partial charge in [-0.2, -0.15) is 0 Å². The van der Waals surface area contributed by atoms with Crippen LogP contribution >= 0.6 is 0 Å². The van der Waals surface area contributed by atoms with E-state index in [1.54, 1.807) is 13.8 Å². The number of hydrogen-bond acceptors (Lipinski definition) is 5. The molecule has 1 aromatic rings. The van der Waals surface area contributed by atoms with Gasteiger partial charge in [0.05, 0.1) is 16.7 Å². The Hall–Kier alpha value is -0.880. The van der Waals surface area contributed by atoms with E-state index in [0.717, 1.165) is 6.54 Å². The second kappa shape index (κ2) is 4.18. The maximum Gasteiger partial charge on any atom is 0.158 e. The van der Waals surface area contributed by atoms with Crippen LogP contribution in [0.3, 0.4) is 0 Å². The van der Waals surface area contributed by atoms with Crippen molar-refractivity contribution in [3.05, 3.63) is 17.0 Å². The van der Waals surface area contributed by atoms with E-state index in [1.807, 2.05) is 0 Å². The zero-order valence-corrected chi connectivity index (χ0v) is 10.3. The summed E-state index contributed by atoms with van der Waals surface area (Å²) in [5.74, 6) is 0.646. The first-order valence-corrected chi connectivity index (χ1v) is 7.06. The molecule has 0 aromatic carbocycles. The maximum atomic E-state index is 12.1. The molecule has 1 saturated heterocycles. The Morgan fingerprint density at radius 1 is 1.50 bits per heavy atom. The Morgan fingerprint density at radius 3 is 2.75 bits per heavy atom. The van der Waals surface area contributed by atoms with Crippen molar-refractivity contribution in [3.63, 3.8) is 0 Å². The van der Waals surface area contributed by atoms with E-state index in [9.17, 15) is 8.42 Å². The van der Waals surface area contributed by atoms with Crippen molar-refractivity contribution < 1.29 is 12.9 Å². The van der Waals surface area contributed by atoms with Gasteiger partial charge in [-0.15, -0.1) is 0 Å². The predicted octanol–water partition coefficient (Wildman–Crippen LogP) is 0.568. The van der Waals surface area contributed by atoms with Gasteiger partial charge in [0.25, 0.3) is 0 Å². The highest BCUT2D eigenvalue weighted by Gasteiger charge is 2.30. The zero-order chi connectivity index (χ0) is 11.8. The molecule has 1 unspecified atom stereocenters. The van der Waals surface area contributed by atoms with Crippen molar-refractivity contribution in [3.8, 4) is 0 Å². The predicted molar refractivity (Wildman–Crippen MR) is 59.9 cm³/mol. The number of aryl methyl sites for hydroxylation is 2. The molecule has 16 heavy (non-hydrogen) atoms. The van der Waals surface area contributed by atoms with Crippen LogP contribution in [-0.2, 0) is 15.6 Å². The lowest BCUT2D eigenvalue weighted by atomic mass is 10.2. The van der Waals surface area contributed by atoms with E-state index in [0.29, 0.717) is 30.0 Å². The normalized spacial score (nSPS) is 21.5. The molecule has 6 heteroatoms. The minimum absolute atomic E-state index is 0.0422. The molecule has 1 N–H and O–H groups in total. The zero-order valence-electron chi connectivity index (χ0n) is 9.49. The van der Waals surface area contributed by atoms with Crippen LogP contribution in [0.4, 0.5) is 0 Å². The molecule has 1 aromatic heterocycles.